The van der Waals surface area contributed by atoms with E-state index < -0.39 is 0 Å². The summed E-state index contributed by atoms with van der Waals surface area (Å²) in [5, 5.41) is 6.38. The fraction of sp³-hybridized carbons (Fsp3) is 0.333. The largest absolute Gasteiger partial charge is 0.438 e. The van der Waals surface area contributed by atoms with Crippen LogP contribution in [-0.2, 0) is 11.3 Å². The van der Waals surface area contributed by atoms with Gasteiger partial charge in [0.1, 0.15) is 0 Å². The SMILES string of the molecule is CNCCC(=O)NCc1nc(C)c(-c2ccc(Cl)cc2)o1. The van der Waals surface area contributed by atoms with Crippen molar-refractivity contribution >= 4 is 17.5 Å². The average Bonchev–Trinajstić information content (AvgIpc) is 2.85. The van der Waals surface area contributed by atoms with Crippen molar-refractivity contribution in [3.8, 4) is 11.3 Å². The van der Waals surface area contributed by atoms with E-state index in [4.69, 9.17) is 16.0 Å². The summed E-state index contributed by atoms with van der Waals surface area (Å²) in [4.78, 5) is 15.9. The third-order valence-electron chi connectivity index (χ3n) is 2.99. The average molecular weight is 308 g/mol. The number of carbonyl (C=O) groups excluding carboxylic acids is 1. The lowest BCUT2D eigenvalue weighted by molar-refractivity contribution is -0.121. The number of amides is 1. The van der Waals surface area contributed by atoms with Gasteiger partial charge in [0.05, 0.1) is 12.2 Å². The van der Waals surface area contributed by atoms with Crippen molar-refractivity contribution in [1.82, 2.24) is 15.6 Å². The van der Waals surface area contributed by atoms with Gasteiger partial charge < -0.3 is 15.1 Å². The Labute approximate surface area is 128 Å². The maximum atomic E-state index is 11.5. The highest BCUT2D eigenvalue weighted by molar-refractivity contribution is 6.30. The van der Waals surface area contributed by atoms with Gasteiger partial charge in [-0.1, -0.05) is 11.6 Å². The first kappa shape index (κ1) is 15.5. The highest BCUT2D eigenvalue weighted by atomic mass is 35.5. The first-order valence-electron chi connectivity index (χ1n) is 6.73. The Kier molecular flexibility index (Phi) is 5.36. The van der Waals surface area contributed by atoms with E-state index in [0.29, 0.717) is 29.6 Å². The summed E-state index contributed by atoms with van der Waals surface area (Å²) in [6.45, 7) is 2.81. The lowest BCUT2D eigenvalue weighted by Gasteiger charge is -2.02. The number of benzene rings is 1. The molecule has 2 N–H and O–H groups in total. The fourth-order valence-corrected chi connectivity index (χ4v) is 2.02. The van der Waals surface area contributed by atoms with Crippen molar-refractivity contribution in [2.45, 2.75) is 19.9 Å². The number of oxazole rings is 1. The van der Waals surface area contributed by atoms with Crippen molar-refractivity contribution in [1.29, 1.82) is 0 Å². The molecule has 0 atom stereocenters. The standard InChI is InChI=1S/C15H18ClN3O2/c1-10-15(11-3-5-12(16)6-4-11)21-14(19-10)9-18-13(20)7-8-17-2/h3-6,17H,7-9H2,1-2H3,(H,18,20). The predicted molar refractivity (Wildman–Crippen MR) is 82.1 cm³/mol. The molecule has 0 unspecified atom stereocenters. The van der Waals surface area contributed by atoms with Crippen LogP contribution in [0.5, 0.6) is 0 Å². The van der Waals surface area contributed by atoms with Gasteiger partial charge in [0.15, 0.2) is 5.76 Å². The lowest BCUT2D eigenvalue weighted by Crippen LogP contribution is -2.26. The Hall–Kier alpha value is -1.85. The number of hydrogen-bond donors (Lipinski definition) is 2. The molecule has 5 nitrogen and oxygen atoms in total. The lowest BCUT2D eigenvalue weighted by atomic mass is 10.1. The number of hydrogen-bond acceptors (Lipinski definition) is 4. The molecule has 0 aliphatic heterocycles. The van der Waals surface area contributed by atoms with Gasteiger partial charge >= 0.3 is 0 Å². The Bertz CT molecular complexity index is 608. The zero-order chi connectivity index (χ0) is 15.2. The number of nitrogens with one attached hydrogen (secondary N) is 2. The molecule has 2 aromatic rings. The molecule has 112 valence electrons. The van der Waals surface area contributed by atoms with Gasteiger partial charge in [0.25, 0.3) is 0 Å². The molecule has 6 heteroatoms. The summed E-state index contributed by atoms with van der Waals surface area (Å²) in [5.74, 6) is 1.16. The second-order valence-electron chi connectivity index (χ2n) is 4.66. The van der Waals surface area contributed by atoms with Crippen LogP contribution in [0.25, 0.3) is 11.3 Å². The van der Waals surface area contributed by atoms with Gasteiger partial charge in [-0.3, -0.25) is 4.79 Å². The first-order valence-corrected chi connectivity index (χ1v) is 7.11. The first-order chi connectivity index (χ1) is 10.1. The third-order valence-corrected chi connectivity index (χ3v) is 3.24. The summed E-state index contributed by atoms with van der Waals surface area (Å²) >= 11 is 5.87. The van der Waals surface area contributed by atoms with Gasteiger partial charge in [-0.2, -0.15) is 0 Å². The van der Waals surface area contributed by atoms with Crippen LogP contribution >= 0.6 is 11.6 Å². The van der Waals surface area contributed by atoms with Crippen LogP contribution in [0.1, 0.15) is 18.0 Å². The molecule has 0 aliphatic rings. The van der Waals surface area contributed by atoms with Gasteiger partial charge in [-0.15, -0.1) is 0 Å². The summed E-state index contributed by atoms with van der Waals surface area (Å²) in [7, 11) is 1.81. The van der Waals surface area contributed by atoms with E-state index in [-0.39, 0.29) is 12.5 Å². The molecule has 0 aliphatic carbocycles. The normalized spacial score (nSPS) is 10.6. The van der Waals surface area contributed by atoms with Gasteiger partial charge in [0.2, 0.25) is 11.8 Å². The highest BCUT2D eigenvalue weighted by Gasteiger charge is 2.12. The van der Waals surface area contributed by atoms with Crippen LogP contribution in [0.15, 0.2) is 28.7 Å². The van der Waals surface area contributed by atoms with E-state index in [1.807, 2.05) is 26.1 Å². The molecule has 0 bridgehead atoms. The highest BCUT2D eigenvalue weighted by Crippen LogP contribution is 2.25. The smallest absolute Gasteiger partial charge is 0.221 e. The monoisotopic (exact) mass is 307 g/mol. The minimum atomic E-state index is -0.0340. The molecular formula is C15H18ClN3O2. The van der Waals surface area contributed by atoms with E-state index in [9.17, 15) is 4.79 Å². The number of halogens is 1. The van der Waals surface area contributed by atoms with Crippen molar-refractivity contribution in [2.24, 2.45) is 0 Å². The van der Waals surface area contributed by atoms with Crippen molar-refractivity contribution in [3.05, 3.63) is 40.9 Å². The van der Waals surface area contributed by atoms with Crippen LogP contribution in [0.3, 0.4) is 0 Å². The van der Waals surface area contributed by atoms with Crippen molar-refractivity contribution in [3.63, 3.8) is 0 Å². The molecule has 21 heavy (non-hydrogen) atoms. The number of aromatic nitrogens is 1. The zero-order valence-electron chi connectivity index (χ0n) is 12.1. The number of carbonyl (C=O) groups is 1. The molecule has 1 amide bonds. The molecule has 2 rings (SSSR count). The third kappa shape index (κ3) is 4.31. The van der Waals surface area contributed by atoms with Crippen molar-refractivity contribution < 1.29 is 9.21 Å². The molecule has 1 aromatic carbocycles. The molecule has 0 saturated heterocycles. The maximum absolute atomic E-state index is 11.5. The maximum Gasteiger partial charge on any atom is 0.221 e. The molecule has 0 spiro atoms. The molecule has 0 radical (unpaired) electrons. The number of nitrogens with zero attached hydrogens (tertiary/aromatic N) is 1. The summed E-state index contributed by atoms with van der Waals surface area (Å²) in [6.07, 6.45) is 0.431. The second-order valence-corrected chi connectivity index (χ2v) is 5.10. The van der Waals surface area contributed by atoms with E-state index in [1.54, 1.807) is 12.1 Å². The zero-order valence-corrected chi connectivity index (χ0v) is 12.8. The number of aryl methyl sites for hydroxylation is 1. The fourth-order valence-electron chi connectivity index (χ4n) is 1.90. The van der Waals surface area contributed by atoms with Crippen LogP contribution in [0.4, 0.5) is 0 Å². The molecular weight excluding hydrogens is 290 g/mol. The predicted octanol–water partition coefficient (Wildman–Crippen LogP) is 2.53. The number of rotatable bonds is 6. The van der Waals surface area contributed by atoms with Gasteiger partial charge in [-0.25, -0.2) is 4.98 Å². The second kappa shape index (κ2) is 7.24. The Morgan fingerprint density at radius 3 is 2.71 bits per heavy atom. The van der Waals surface area contributed by atoms with Gasteiger partial charge in [-0.05, 0) is 38.2 Å². The van der Waals surface area contributed by atoms with E-state index in [1.165, 1.54) is 0 Å². The minimum absolute atomic E-state index is 0.0340. The van der Waals surface area contributed by atoms with E-state index in [2.05, 4.69) is 15.6 Å². The van der Waals surface area contributed by atoms with Crippen LogP contribution in [0.2, 0.25) is 5.02 Å². The Morgan fingerprint density at radius 1 is 1.33 bits per heavy atom. The van der Waals surface area contributed by atoms with Crippen LogP contribution < -0.4 is 10.6 Å². The summed E-state index contributed by atoms with van der Waals surface area (Å²) < 4.78 is 5.71. The Morgan fingerprint density at radius 2 is 2.05 bits per heavy atom. The topological polar surface area (TPSA) is 67.2 Å². The van der Waals surface area contributed by atoms with E-state index in [0.717, 1.165) is 11.3 Å². The van der Waals surface area contributed by atoms with Gasteiger partial charge in [0, 0.05) is 23.6 Å². The van der Waals surface area contributed by atoms with Crippen molar-refractivity contribution in [2.75, 3.05) is 13.6 Å². The van der Waals surface area contributed by atoms with E-state index >= 15 is 0 Å². The summed E-state index contributed by atoms with van der Waals surface area (Å²) in [5.41, 5.74) is 1.70. The summed E-state index contributed by atoms with van der Waals surface area (Å²) in [6, 6.07) is 7.37. The Balaban J connectivity index is 2.02. The van der Waals surface area contributed by atoms with Crippen LogP contribution in [0, 0.1) is 6.92 Å². The minimum Gasteiger partial charge on any atom is -0.438 e. The molecule has 0 fully saturated rings. The molecule has 0 saturated carbocycles. The quantitative estimate of drug-likeness (QED) is 0.860. The van der Waals surface area contributed by atoms with Crippen LogP contribution in [-0.4, -0.2) is 24.5 Å². The molecule has 1 aromatic heterocycles. The molecule has 1 heterocycles.